The van der Waals surface area contributed by atoms with Gasteiger partial charge in [-0.1, -0.05) is 6.08 Å². The van der Waals surface area contributed by atoms with Crippen molar-refractivity contribution in [1.29, 1.82) is 0 Å². The van der Waals surface area contributed by atoms with Gasteiger partial charge >= 0.3 is 16.3 Å². The van der Waals surface area contributed by atoms with Crippen molar-refractivity contribution >= 4 is 51.1 Å². The SMILES string of the molecule is C=CC.O=C(O)Cl.O=C(O)Cl.O=C(O)Cl. The number of carboxylic acid groups (broad SMARTS) is 3. The van der Waals surface area contributed by atoms with Crippen molar-refractivity contribution < 1.29 is 29.7 Å². The molecule has 90 valence electrons. The number of allylic oxidation sites excluding steroid dienone is 1. The summed E-state index contributed by atoms with van der Waals surface area (Å²) in [6, 6.07) is 0. The molecule has 0 aliphatic carbocycles. The van der Waals surface area contributed by atoms with Crippen molar-refractivity contribution in [1.82, 2.24) is 0 Å². The van der Waals surface area contributed by atoms with Gasteiger partial charge in [0.25, 0.3) is 0 Å². The second-order valence-electron chi connectivity index (χ2n) is 1.17. The summed E-state index contributed by atoms with van der Waals surface area (Å²) in [6.07, 6.45) is 1.75. The molecule has 3 N–H and O–H groups in total. The molecule has 15 heavy (non-hydrogen) atoms. The quantitative estimate of drug-likeness (QED) is 0.459. The van der Waals surface area contributed by atoms with E-state index in [1.807, 2.05) is 6.92 Å². The van der Waals surface area contributed by atoms with Gasteiger partial charge in [-0.2, -0.15) is 0 Å². The molecule has 0 fully saturated rings. The summed E-state index contributed by atoms with van der Waals surface area (Å²) in [5.41, 5.74) is -4.08. The third-order valence-corrected chi connectivity index (χ3v) is 0. The predicted octanol–water partition coefficient (Wildman–Crippen LogP) is 3.90. The van der Waals surface area contributed by atoms with Crippen LogP contribution in [0.4, 0.5) is 14.4 Å². The Morgan fingerprint density at radius 2 is 0.933 bits per heavy atom. The standard InChI is InChI=1S/C3H6.3CHClO2/c1-3-2;3*2-1(3)4/h3H,1H2,2H3;3*(H,3,4). The molecule has 0 aromatic rings. The van der Waals surface area contributed by atoms with Crippen molar-refractivity contribution in [2.24, 2.45) is 0 Å². The number of carbonyl (C=O) groups is 3. The minimum atomic E-state index is -1.36. The van der Waals surface area contributed by atoms with E-state index in [1.54, 1.807) is 6.08 Å². The molecule has 0 bridgehead atoms. The van der Waals surface area contributed by atoms with Crippen molar-refractivity contribution in [3.05, 3.63) is 12.7 Å². The fourth-order valence-electron chi connectivity index (χ4n) is 0. The smallest absolute Gasteiger partial charge is 0.401 e. The normalized spacial score (nSPS) is 5.87. The third-order valence-electron chi connectivity index (χ3n) is 0. The fraction of sp³-hybridized carbons (Fsp3) is 0.167. The number of halogens is 3. The first-order chi connectivity index (χ1) is 6.61. The first-order valence-corrected chi connectivity index (χ1v) is 3.97. The van der Waals surface area contributed by atoms with Crippen LogP contribution >= 0.6 is 34.8 Å². The van der Waals surface area contributed by atoms with Gasteiger partial charge in [-0.3, -0.25) is 0 Å². The maximum Gasteiger partial charge on any atom is 0.401 e. The molecular weight excluding hydrogens is 274 g/mol. The van der Waals surface area contributed by atoms with Gasteiger partial charge in [-0.25, -0.2) is 14.4 Å². The summed E-state index contributed by atoms with van der Waals surface area (Å²) in [5, 5.41) is 21.5. The lowest BCUT2D eigenvalue weighted by Gasteiger charge is -1.55. The largest absolute Gasteiger partial charge is 0.469 e. The Morgan fingerprint density at radius 3 is 0.933 bits per heavy atom. The molecular formula is C6H9Cl3O6. The molecule has 0 aromatic carbocycles. The third kappa shape index (κ3) is 1650. The summed E-state index contributed by atoms with van der Waals surface area (Å²) in [7, 11) is 0. The second kappa shape index (κ2) is 23.1. The van der Waals surface area contributed by atoms with Crippen LogP contribution < -0.4 is 0 Å². The zero-order valence-electron chi connectivity index (χ0n) is 7.48. The first kappa shape index (κ1) is 23.7. The van der Waals surface area contributed by atoms with Crippen LogP contribution in [-0.4, -0.2) is 31.6 Å². The Bertz CT molecular complexity index is 153. The average Bonchev–Trinajstić information content (AvgIpc) is 1.81. The zero-order valence-corrected chi connectivity index (χ0v) is 9.75. The summed E-state index contributed by atoms with van der Waals surface area (Å²) < 4.78 is 0. The van der Waals surface area contributed by atoms with Crippen LogP contribution in [-0.2, 0) is 0 Å². The minimum Gasteiger partial charge on any atom is -0.469 e. The fourth-order valence-corrected chi connectivity index (χ4v) is 0. The molecule has 9 heteroatoms. The van der Waals surface area contributed by atoms with Gasteiger partial charge in [0.05, 0.1) is 0 Å². The number of hydrogen-bond acceptors (Lipinski definition) is 3. The average molecular weight is 283 g/mol. The molecule has 0 amide bonds. The molecule has 0 unspecified atom stereocenters. The molecule has 0 heterocycles. The zero-order chi connectivity index (χ0) is 13.4. The molecule has 0 aliphatic heterocycles. The maximum atomic E-state index is 8.77. The highest BCUT2D eigenvalue weighted by Gasteiger charge is 1.71. The molecule has 0 atom stereocenters. The topological polar surface area (TPSA) is 112 Å². The van der Waals surface area contributed by atoms with Gasteiger partial charge in [-0.05, 0) is 6.92 Å². The Hall–Kier alpha value is -0.980. The lowest BCUT2D eigenvalue weighted by Crippen LogP contribution is -1.66. The first-order valence-electron chi connectivity index (χ1n) is 2.84. The highest BCUT2D eigenvalue weighted by atomic mass is 35.5. The monoisotopic (exact) mass is 282 g/mol. The molecule has 0 aromatic heterocycles. The van der Waals surface area contributed by atoms with Crippen LogP contribution in [0, 0.1) is 0 Å². The van der Waals surface area contributed by atoms with Crippen LogP contribution in [0.2, 0.25) is 0 Å². The highest BCUT2D eigenvalue weighted by molar-refractivity contribution is 6.60. The van der Waals surface area contributed by atoms with Gasteiger partial charge in [0.2, 0.25) is 0 Å². The Morgan fingerprint density at radius 1 is 0.933 bits per heavy atom. The van der Waals surface area contributed by atoms with Crippen LogP contribution in [0.1, 0.15) is 6.92 Å². The van der Waals surface area contributed by atoms with E-state index < -0.39 is 16.3 Å². The molecule has 0 spiro atoms. The Labute approximate surface area is 101 Å². The Kier molecular flexibility index (Phi) is 36.5. The number of hydrogen-bond donors (Lipinski definition) is 3. The van der Waals surface area contributed by atoms with Gasteiger partial charge in [0.1, 0.15) is 0 Å². The van der Waals surface area contributed by atoms with E-state index in [0.29, 0.717) is 0 Å². The maximum absolute atomic E-state index is 8.77. The van der Waals surface area contributed by atoms with Crippen molar-refractivity contribution in [2.75, 3.05) is 0 Å². The van der Waals surface area contributed by atoms with Crippen LogP contribution in [0.15, 0.2) is 12.7 Å². The van der Waals surface area contributed by atoms with Crippen LogP contribution in [0.25, 0.3) is 0 Å². The van der Waals surface area contributed by atoms with E-state index in [4.69, 9.17) is 29.7 Å². The summed E-state index contributed by atoms with van der Waals surface area (Å²) in [5.74, 6) is 0. The lowest BCUT2D eigenvalue weighted by atomic mass is 10.8. The van der Waals surface area contributed by atoms with Gasteiger partial charge in [0.15, 0.2) is 0 Å². The number of rotatable bonds is 0. The summed E-state index contributed by atoms with van der Waals surface area (Å²) in [6.45, 7) is 5.25. The van der Waals surface area contributed by atoms with Gasteiger partial charge in [0, 0.05) is 34.8 Å². The minimum absolute atomic E-state index is 1.36. The molecule has 0 saturated heterocycles. The van der Waals surface area contributed by atoms with Crippen molar-refractivity contribution in [2.45, 2.75) is 6.92 Å². The van der Waals surface area contributed by atoms with Crippen LogP contribution in [0.5, 0.6) is 0 Å². The molecule has 0 rings (SSSR count). The second-order valence-corrected chi connectivity index (χ2v) is 2.14. The van der Waals surface area contributed by atoms with E-state index in [2.05, 4.69) is 41.4 Å². The molecule has 0 aliphatic rings. The van der Waals surface area contributed by atoms with E-state index in [1.165, 1.54) is 0 Å². The highest BCUT2D eigenvalue weighted by Crippen LogP contribution is 1.68. The summed E-state index contributed by atoms with van der Waals surface area (Å²) in [4.78, 5) is 26.3. The predicted molar refractivity (Wildman–Crippen MR) is 57.5 cm³/mol. The molecule has 6 nitrogen and oxygen atoms in total. The molecule has 0 radical (unpaired) electrons. The van der Waals surface area contributed by atoms with E-state index in [-0.39, 0.29) is 0 Å². The van der Waals surface area contributed by atoms with Crippen LogP contribution in [0.3, 0.4) is 0 Å². The molecule has 0 saturated carbocycles. The van der Waals surface area contributed by atoms with Crippen molar-refractivity contribution in [3.8, 4) is 0 Å². The van der Waals surface area contributed by atoms with Gasteiger partial charge < -0.3 is 15.3 Å². The Balaban J connectivity index is -0.0000000542. The van der Waals surface area contributed by atoms with E-state index in [9.17, 15) is 0 Å². The lowest BCUT2D eigenvalue weighted by molar-refractivity contribution is 0.219. The van der Waals surface area contributed by atoms with E-state index >= 15 is 0 Å². The van der Waals surface area contributed by atoms with E-state index in [0.717, 1.165) is 0 Å². The van der Waals surface area contributed by atoms with Gasteiger partial charge in [-0.15, -0.1) is 6.58 Å². The van der Waals surface area contributed by atoms with Crippen molar-refractivity contribution in [3.63, 3.8) is 0 Å². The summed E-state index contributed by atoms with van der Waals surface area (Å²) >= 11 is 12.6.